The molecule has 9 nitrogen and oxygen atoms in total. The van der Waals surface area contributed by atoms with Crippen molar-refractivity contribution < 1.29 is 31.8 Å². The molecule has 1 saturated carbocycles. The molecule has 1 aromatic heterocycles. The largest absolute Gasteiger partial charge is 0.351 e. The molecule has 3 aromatic rings. The van der Waals surface area contributed by atoms with E-state index in [1.54, 1.807) is 31.2 Å². The summed E-state index contributed by atoms with van der Waals surface area (Å²) in [5, 5.41) is 12.0. The predicted octanol–water partition coefficient (Wildman–Crippen LogP) is 4.32. The zero-order valence-corrected chi connectivity index (χ0v) is 24.6. The summed E-state index contributed by atoms with van der Waals surface area (Å²) in [4.78, 5) is 48.2. The van der Waals surface area contributed by atoms with E-state index in [2.05, 4.69) is 10.3 Å². The fourth-order valence-electron chi connectivity index (χ4n) is 5.58. The molecule has 2 fully saturated rings. The molecule has 1 aliphatic carbocycles. The van der Waals surface area contributed by atoms with E-state index >= 15 is 4.39 Å². The molecule has 0 bridgehead atoms. The van der Waals surface area contributed by atoms with Gasteiger partial charge in [0.1, 0.15) is 23.7 Å². The average molecular weight is 624 g/mol. The molecular formula is C31H28F3N5O4S. The van der Waals surface area contributed by atoms with Gasteiger partial charge < -0.3 is 5.32 Å². The van der Waals surface area contributed by atoms with Gasteiger partial charge in [0, 0.05) is 59.1 Å². The Morgan fingerprint density at radius 2 is 1.91 bits per heavy atom. The Bertz CT molecular complexity index is 1700. The second-order valence-corrected chi connectivity index (χ2v) is 12.2. The van der Waals surface area contributed by atoms with E-state index in [1.807, 2.05) is 6.07 Å². The first kappa shape index (κ1) is 30.9. The zero-order valence-electron chi connectivity index (χ0n) is 23.8. The molecule has 1 N–H and O–H groups in total. The van der Waals surface area contributed by atoms with Crippen LogP contribution in [0.2, 0.25) is 0 Å². The van der Waals surface area contributed by atoms with Crippen LogP contribution < -0.4 is 15.1 Å². The molecule has 1 saturated heterocycles. The van der Waals surface area contributed by atoms with Gasteiger partial charge in [0.15, 0.2) is 0 Å². The van der Waals surface area contributed by atoms with Crippen LogP contribution in [0.15, 0.2) is 65.7 Å². The molecule has 228 valence electrons. The summed E-state index contributed by atoms with van der Waals surface area (Å²) in [5.41, 5.74) is 1.02. The Kier molecular flexibility index (Phi) is 8.56. The maximum absolute atomic E-state index is 15.0. The molecule has 2 heterocycles. The number of halogens is 3. The molecule has 2 aliphatic rings. The molecule has 2 aromatic carbocycles. The number of nitrogens with zero attached hydrogens (tertiary/aromatic N) is 4. The maximum atomic E-state index is 15.0. The number of nitriles is 1. The molecule has 0 radical (unpaired) electrons. The van der Waals surface area contributed by atoms with Gasteiger partial charge in [0.05, 0.1) is 11.6 Å². The van der Waals surface area contributed by atoms with Crippen molar-refractivity contribution in [2.24, 2.45) is 0 Å². The van der Waals surface area contributed by atoms with Crippen molar-refractivity contribution in [1.29, 1.82) is 5.26 Å². The van der Waals surface area contributed by atoms with E-state index in [-0.39, 0.29) is 34.8 Å². The van der Waals surface area contributed by atoms with Crippen LogP contribution in [-0.2, 0) is 25.2 Å². The van der Waals surface area contributed by atoms with Crippen LogP contribution in [0.25, 0.3) is 0 Å². The van der Waals surface area contributed by atoms with Gasteiger partial charge in [-0.2, -0.15) is 5.26 Å². The molecular weight excluding hydrogens is 595 g/mol. The number of nitrogens with one attached hydrogen (secondary N) is 1. The van der Waals surface area contributed by atoms with Gasteiger partial charge in [-0.05, 0) is 54.8 Å². The highest BCUT2D eigenvalue weighted by Crippen LogP contribution is 2.39. The second kappa shape index (κ2) is 12.2. The maximum Gasteiger partial charge on any atom is 0.252 e. The number of carbonyl (C=O) groups excluding carboxylic acids is 3. The number of aromatic nitrogens is 1. The molecule has 3 atom stereocenters. The van der Waals surface area contributed by atoms with E-state index in [9.17, 15) is 32.6 Å². The number of rotatable bonds is 8. The number of carbonyl (C=O) groups is 3. The predicted molar refractivity (Wildman–Crippen MR) is 156 cm³/mol. The average Bonchev–Trinajstić information content (AvgIpc) is 3.36. The standard InChI is InChI=1S/C31H28F3N5O4S/c1-18-5-3-4-6-24(18)28(29(41)37-21-15-31(33,34)16-21)38(22-12-20(32)13-23(14-22)44(2)43)30(42)25-7-8-27(40)39(25)26-11-19(17-35)9-10-36-26/h3-6,9-14,21,25,28H,7-8,15-16H2,1-2H3,(H,37,41)/t25-,28-,44-/m0/s1. The summed E-state index contributed by atoms with van der Waals surface area (Å²) < 4.78 is 54.8. The van der Waals surface area contributed by atoms with Crippen molar-refractivity contribution >= 4 is 40.0 Å². The van der Waals surface area contributed by atoms with Crippen molar-refractivity contribution in [3.05, 3.63) is 83.3 Å². The number of hydrogen-bond donors (Lipinski definition) is 1. The van der Waals surface area contributed by atoms with Gasteiger partial charge in [-0.15, -0.1) is 0 Å². The Morgan fingerprint density at radius 1 is 1.18 bits per heavy atom. The molecule has 1 aliphatic heterocycles. The molecule has 0 spiro atoms. The highest BCUT2D eigenvalue weighted by atomic mass is 32.2. The van der Waals surface area contributed by atoms with Gasteiger partial charge >= 0.3 is 0 Å². The number of pyridine rings is 1. The van der Waals surface area contributed by atoms with Crippen molar-refractivity contribution in [3.8, 4) is 6.07 Å². The lowest BCUT2D eigenvalue weighted by Gasteiger charge is -2.39. The Morgan fingerprint density at radius 3 is 2.57 bits per heavy atom. The molecule has 0 unspecified atom stereocenters. The van der Waals surface area contributed by atoms with Gasteiger partial charge in [-0.1, -0.05) is 24.3 Å². The first-order valence-electron chi connectivity index (χ1n) is 13.8. The lowest BCUT2D eigenvalue weighted by atomic mass is 9.87. The summed E-state index contributed by atoms with van der Waals surface area (Å²) >= 11 is 0. The molecule has 44 heavy (non-hydrogen) atoms. The smallest absolute Gasteiger partial charge is 0.252 e. The van der Waals surface area contributed by atoms with Crippen molar-refractivity contribution in [1.82, 2.24) is 10.3 Å². The fraction of sp³-hybridized carbons (Fsp3) is 0.323. The molecule has 13 heteroatoms. The summed E-state index contributed by atoms with van der Waals surface area (Å²) in [6, 6.07) is 11.3. The Hall–Kier alpha value is -4.57. The van der Waals surface area contributed by atoms with E-state index < -0.39 is 71.2 Å². The monoisotopic (exact) mass is 623 g/mol. The zero-order chi connectivity index (χ0) is 31.8. The summed E-state index contributed by atoms with van der Waals surface area (Å²) in [7, 11) is -1.68. The van der Waals surface area contributed by atoms with Gasteiger partial charge in [0.2, 0.25) is 11.8 Å². The van der Waals surface area contributed by atoms with Crippen molar-refractivity contribution in [2.45, 2.75) is 61.6 Å². The van der Waals surface area contributed by atoms with Crippen LogP contribution in [0.4, 0.5) is 24.7 Å². The molecule has 3 amide bonds. The third-order valence-corrected chi connectivity index (χ3v) is 8.65. The summed E-state index contributed by atoms with van der Waals surface area (Å²) in [6.07, 6.45) is 1.49. The van der Waals surface area contributed by atoms with E-state index in [0.29, 0.717) is 11.1 Å². The van der Waals surface area contributed by atoms with Crippen LogP contribution in [-0.4, -0.2) is 51.2 Å². The SMILES string of the molecule is Cc1ccccc1[C@@H](C(=O)NC1CC(F)(F)C1)N(C(=O)[C@@H]1CCC(=O)N1c1cc(C#N)ccn1)c1cc(F)cc([S@](C)=O)c1. The third kappa shape index (κ3) is 6.21. The highest BCUT2D eigenvalue weighted by molar-refractivity contribution is 7.84. The van der Waals surface area contributed by atoms with E-state index in [4.69, 9.17) is 0 Å². The van der Waals surface area contributed by atoms with Gasteiger partial charge in [-0.3, -0.25) is 28.4 Å². The van der Waals surface area contributed by atoms with E-state index in [1.165, 1.54) is 30.7 Å². The Balaban J connectivity index is 1.66. The summed E-state index contributed by atoms with van der Waals surface area (Å²) in [5.74, 6) is -5.71. The first-order valence-corrected chi connectivity index (χ1v) is 15.3. The number of anilines is 2. The summed E-state index contributed by atoms with van der Waals surface area (Å²) in [6.45, 7) is 1.70. The topological polar surface area (TPSA) is 123 Å². The van der Waals surface area contributed by atoms with Crippen LogP contribution >= 0.6 is 0 Å². The number of alkyl halides is 2. The van der Waals surface area contributed by atoms with Gasteiger partial charge in [-0.25, -0.2) is 18.2 Å². The third-order valence-electron chi connectivity index (χ3n) is 7.75. The number of aryl methyl sites for hydroxylation is 1. The lowest BCUT2D eigenvalue weighted by Crippen LogP contribution is -2.56. The van der Waals surface area contributed by atoms with E-state index in [0.717, 1.165) is 21.9 Å². The van der Waals surface area contributed by atoms with Crippen LogP contribution in [0.1, 0.15) is 48.4 Å². The van der Waals surface area contributed by atoms with Crippen LogP contribution in [0, 0.1) is 24.1 Å². The molecule has 5 rings (SSSR count). The first-order chi connectivity index (χ1) is 20.9. The minimum absolute atomic E-state index is 0.0193. The van der Waals surface area contributed by atoms with Crippen molar-refractivity contribution in [2.75, 3.05) is 16.1 Å². The fourth-order valence-corrected chi connectivity index (χ4v) is 6.14. The highest BCUT2D eigenvalue weighted by Gasteiger charge is 2.48. The second-order valence-electron chi connectivity index (χ2n) is 10.9. The lowest BCUT2D eigenvalue weighted by molar-refractivity contribution is -0.133. The number of hydrogen-bond acceptors (Lipinski definition) is 6. The quantitative estimate of drug-likeness (QED) is 0.399. The number of amides is 3. The Labute approximate surface area is 254 Å². The van der Waals surface area contributed by atoms with Crippen molar-refractivity contribution in [3.63, 3.8) is 0 Å². The minimum Gasteiger partial charge on any atom is -0.351 e. The minimum atomic E-state index is -2.93. The van der Waals surface area contributed by atoms with Gasteiger partial charge in [0.25, 0.3) is 11.8 Å². The number of benzene rings is 2. The normalized spacial score (nSPS) is 19.0. The van der Waals surface area contributed by atoms with Crippen LogP contribution in [0.5, 0.6) is 0 Å². The van der Waals surface area contributed by atoms with Crippen LogP contribution in [0.3, 0.4) is 0 Å².